The highest BCUT2D eigenvalue weighted by atomic mass is 79.9. The SMILES string of the molecule is NC(=O)C1CCC(Nc2ncc(Br)cc2F)CC1. The third-order valence-corrected chi connectivity index (χ3v) is 3.71. The number of primary amides is 1. The fourth-order valence-electron chi connectivity index (χ4n) is 2.24. The molecule has 1 aromatic heterocycles. The lowest BCUT2D eigenvalue weighted by molar-refractivity contribution is -0.122. The van der Waals surface area contributed by atoms with Gasteiger partial charge in [-0.2, -0.15) is 0 Å². The zero-order valence-corrected chi connectivity index (χ0v) is 11.4. The molecule has 1 saturated carbocycles. The van der Waals surface area contributed by atoms with Crippen LogP contribution >= 0.6 is 15.9 Å². The van der Waals surface area contributed by atoms with E-state index in [1.165, 1.54) is 6.07 Å². The van der Waals surface area contributed by atoms with E-state index in [0.29, 0.717) is 4.47 Å². The van der Waals surface area contributed by atoms with E-state index in [1.807, 2.05) is 0 Å². The van der Waals surface area contributed by atoms with Gasteiger partial charge >= 0.3 is 0 Å². The first kappa shape index (κ1) is 13.3. The maximum atomic E-state index is 13.6. The van der Waals surface area contributed by atoms with Gasteiger partial charge in [-0.3, -0.25) is 4.79 Å². The van der Waals surface area contributed by atoms with Crippen LogP contribution in [0.2, 0.25) is 0 Å². The van der Waals surface area contributed by atoms with Crippen molar-refractivity contribution in [1.82, 2.24) is 4.98 Å². The Kier molecular flexibility index (Phi) is 4.16. The van der Waals surface area contributed by atoms with Crippen molar-refractivity contribution >= 4 is 27.7 Å². The molecular formula is C12H15BrFN3O. The van der Waals surface area contributed by atoms with Gasteiger partial charge in [-0.15, -0.1) is 0 Å². The van der Waals surface area contributed by atoms with Crippen LogP contribution < -0.4 is 11.1 Å². The summed E-state index contributed by atoms with van der Waals surface area (Å²) in [5.74, 6) is -0.380. The molecule has 0 aliphatic heterocycles. The van der Waals surface area contributed by atoms with Gasteiger partial charge in [0.15, 0.2) is 11.6 Å². The van der Waals surface area contributed by atoms with Crippen LogP contribution in [0.4, 0.5) is 10.2 Å². The van der Waals surface area contributed by atoms with Gasteiger partial charge in [0.2, 0.25) is 5.91 Å². The minimum absolute atomic E-state index is 0.0363. The van der Waals surface area contributed by atoms with Crippen molar-refractivity contribution in [2.45, 2.75) is 31.7 Å². The molecule has 1 heterocycles. The van der Waals surface area contributed by atoms with Crippen molar-refractivity contribution in [2.24, 2.45) is 11.7 Å². The lowest BCUT2D eigenvalue weighted by Crippen LogP contribution is -2.32. The molecule has 1 aliphatic carbocycles. The van der Waals surface area contributed by atoms with E-state index in [4.69, 9.17) is 5.73 Å². The molecule has 2 rings (SSSR count). The Labute approximate surface area is 113 Å². The van der Waals surface area contributed by atoms with Gasteiger partial charge in [-0.25, -0.2) is 9.37 Å². The molecule has 1 aromatic rings. The highest BCUT2D eigenvalue weighted by Crippen LogP contribution is 2.27. The number of halogens is 2. The van der Waals surface area contributed by atoms with Crippen LogP contribution in [0, 0.1) is 11.7 Å². The van der Waals surface area contributed by atoms with E-state index >= 15 is 0 Å². The number of hydrogen-bond donors (Lipinski definition) is 2. The van der Waals surface area contributed by atoms with Crippen molar-refractivity contribution in [3.63, 3.8) is 0 Å². The smallest absolute Gasteiger partial charge is 0.220 e. The number of nitrogens with two attached hydrogens (primary N) is 1. The fourth-order valence-corrected chi connectivity index (χ4v) is 2.54. The number of amides is 1. The monoisotopic (exact) mass is 315 g/mol. The molecule has 6 heteroatoms. The first-order valence-electron chi connectivity index (χ1n) is 5.93. The maximum absolute atomic E-state index is 13.6. The summed E-state index contributed by atoms with van der Waals surface area (Å²) in [6, 6.07) is 1.54. The molecule has 0 saturated heterocycles. The number of rotatable bonds is 3. The Balaban J connectivity index is 1.93. The predicted molar refractivity (Wildman–Crippen MR) is 70.5 cm³/mol. The number of aromatic nitrogens is 1. The number of pyridine rings is 1. The zero-order valence-electron chi connectivity index (χ0n) is 9.83. The van der Waals surface area contributed by atoms with Crippen molar-refractivity contribution < 1.29 is 9.18 Å². The molecule has 1 fully saturated rings. The number of anilines is 1. The molecular weight excluding hydrogens is 301 g/mol. The van der Waals surface area contributed by atoms with Crippen LogP contribution in [-0.4, -0.2) is 16.9 Å². The second-order valence-corrected chi connectivity index (χ2v) is 5.49. The van der Waals surface area contributed by atoms with Gasteiger partial charge in [0.05, 0.1) is 0 Å². The van der Waals surface area contributed by atoms with Gasteiger partial charge in [0.1, 0.15) is 0 Å². The summed E-state index contributed by atoms with van der Waals surface area (Å²) in [7, 11) is 0. The van der Waals surface area contributed by atoms with E-state index in [-0.39, 0.29) is 29.5 Å². The third kappa shape index (κ3) is 3.19. The number of hydrogen-bond acceptors (Lipinski definition) is 3. The lowest BCUT2D eigenvalue weighted by atomic mass is 9.85. The van der Waals surface area contributed by atoms with E-state index in [0.717, 1.165) is 25.7 Å². The van der Waals surface area contributed by atoms with Crippen molar-refractivity contribution in [3.8, 4) is 0 Å². The Hall–Kier alpha value is -1.17. The summed E-state index contributed by atoms with van der Waals surface area (Å²) in [5, 5.41) is 3.08. The molecule has 0 atom stereocenters. The van der Waals surface area contributed by atoms with Crippen LogP contribution in [-0.2, 0) is 4.79 Å². The average Bonchev–Trinajstić information content (AvgIpc) is 2.33. The van der Waals surface area contributed by atoms with Crippen LogP contribution in [0.3, 0.4) is 0 Å². The molecule has 1 amide bonds. The number of carbonyl (C=O) groups excluding carboxylic acids is 1. The summed E-state index contributed by atoms with van der Waals surface area (Å²) < 4.78 is 14.2. The van der Waals surface area contributed by atoms with Gasteiger partial charge in [0.25, 0.3) is 0 Å². The van der Waals surface area contributed by atoms with E-state index < -0.39 is 0 Å². The maximum Gasteiger partial charge on any atom is 0.220 e. The van der Waals surface area contributed by atoms with Crippen molar-refractivity contribution in [1.29, 1.82) is 0 Å². The first-order chi connectivity index (χ1) is 8.56. The average molecular weight is 316 g/mol. The minimum Gasteiger partial charge on any atom is -0.369 e. The fraction of sp³-hybridized carbons (Fsp3) is 0.500. The van der Waals surface area contributed by atoms with Crippen molar-refractivity contribution in [2.75, 3.05) is 5.32 Å². The van der Waals surface area contributed by atoms with Crippen LogP contribution in [0.1, 0.15) is 25.7 Å². The highest BCUT2D eigenvalue weighted by molar-refractivity contribution is 9.10. The third-order valence-electron chi connectivity index (χ3n) is 3.28. The van der Waals surface area contributed by atoms with Gasteiger partial charge in [-0.1, -0.05) is 0 Å². The molecule has 0 aromatic carbocycles. The zero-order chi connectivity index (χ0) is 13.1. The normalized spacial score (nSPS) is 23.7. The molecule has 98 valence electrons. The van der Waals surface area contributed by atoms with E-state index in [2.05, 4.69) is 26.2 Å². The topological polar surface area (TPSA) is 68.0 Å². The molecule has 1 aliphatic rings. The lowest BCUT2D eigenvalue weighted by Gasteiger charge is -2.27. The molecule has 0 unspecified atom stereocenters. The summed E-state index contributed by atoms with van der Waals surface area (Å²) in [5.41, 5.74) is 5.27. The van der Waals surface area contributed by atoms with Crippen LogP contribution in [0.25, 0.3) is 0 Å². The minimum atomic E-state index is -0.374. The number of nitrogens with zero attached hydrogens (tertiary/aromatic N) is 1. The second-order valence-electron chi connectivity index (χ2n) is 4.58. The largest absolute Gasteiger partial charge is 0.369 e. The van der Waals surface area contributed by atoms with Crippen LogP contribution in [0.5, 0.6) is 0 Å². The van der Waals surface area contributed by atoms with E-state index in [9.17, 15) is 9.18 Å². The predicted octanol–water partition coefficient (Wildman–Crippen LogP) is 2.44. The summed E-state index contributed by atoms with van der Waals surface area (Å²) in [6.07, 6.45) is 4.69. The van der Waals surface area contributed by atoms with Crippen molar-refractivity contribution in [3.05, 3.63) is 22.6 Å². The van der Waals surface area contributed by atoms with E-state index in [1.54, 1.807) is 6.20 Å². The molecule has 3 N–H and O–H groups in total. The molecule has 18 heavy (non-hydrogen) atoms. The number of carbonyl (C=O) groups is 1. The standard InChI is InChI=1S/C12H15BrFN3O/c13-8-5-10(14)12(16-6-8)17-9-3-1-7(2-4-9)11(15)18/h5-7,9H,1-4H2,(H2,15,18)(H,16,17). The second kappa shape index (κ2) is 5.65. The summed E-state index contributed by atoms with van der Waals surface area (Å²) in [6.45, 7) is 0. The van der Waals surface area contributed by atoms with Crippen LogP contribution in [0.15, 0.2) is 16.7 Å². The Morgan fingerprint density at radius 1 is 1.44 bits per heavy atom. The Morgan fingerprint density at radius 2 is 2.11 bits per heavy atom. The quantitative estimate of drug-likeness (QED) is 0.900. The summed E-state index contributed by atoms with van der Waals surface area (Å²) >= 11 is 3.16. The van der Waals surface area contributed by atoms with Gasteiger partial charge in [-0.05, 0) is 47.7 Å². The molecule has 0 radical (unpaired) electrons. The van der Waals surface area contributed by atoms with Gasteiger partial charge in [0, 0.05) is 22.6 Å². The summed E-state index contributed by atoms with van der Waals surface area (Å²) in [4.78, 5) is 15.0. The number of nitrogens with one attached hydrogen (secondary N) is 1. The van der Waals surface area contributed by atoms with Gasteiger partial charge < -0.3 is 11.1 Å². The Morgan fingerprint density at radius 3 is 2.67 bits per heavy atom. The Bertz CT molecular complexity index is 447. The highest BCUT2D eigenvalue weighted by Gasteiger charge is 2.25. The molecule has 0 bridgehead atoms. The molecule has 0 spiro atoms. The first-order valence-corrected chi connectivity index (χ1v) is 6.72. The molecule has 4 nitrogen and oxygen atoms in total.